The smallest absolute Gasteiger partial charge is 0.303 e. The second-order valence-electron chi connectivity index (χ2n) is 4.48. The number of aryl methyl sites for hydroxylation is 1. The summed E-state index contributed by atoms with van der Waals surface area (Å²) in [5, 5.41) is 8.77. The van der Waals surface area contributed by atoms with Crippen LogP contribution < -0.4 is 4.74 Å². The third kappa shape index (κ3) is 3.76. The molecule has 1 rings (SSSR count). The average Bonchev–Trinajstić information content (AvgIpc) is 2.38. The van der Waals surface area contributed by atoms with Crippen molar-refractivity contribution in [1.82, 2.24) is 0 Å². The number of rotatable bonds is 7. The topological polar surface area (TPSA) is 46.5 Å². The normalized spacial score (nSPS) is 10.7. The van der Waals surface area contributed by atoms with Crippen LogP contribution in [-0.4, -0.2) is 18.2 Å². The molecule has 0 atom stereocenters. The second kappa shape index (κ2) is 7.04. The summed E-state index contributed by atoms with van der Waals surface area (Å²) in [6.45, 7) is 4.35. The molecule has 0 aromatic heterocycles. The van der Waals surface area contributed by atoms with E-state index < -0.39 is 5.97 Å². The Morgan fingerprint density at radius 3 is 2.50 bits per heavy atom. The minimum atomic E-state index is -0.773. The highest BCUT2D eigenvalue weighted by Gasteiger charge is 2.11. The van der Waals surface area contributed by atoms with E-state index in [4.69, 9.17) is 9.84 Å². The number of carboxylic acids is 1. The van der Waals surface area contributed by atoms with Gasteiger partial charge in [0.05, 0.1) is 7.11 Å². The van der Waals surface area contributed by atoms with Gasteiger partial charge >= 0.3 is 5.97 Å². The van der Waals surface area contributed by atoms with E-state index in [-0.39, 0.29) is 6.42 Å². The SMILES string of the molecule is CCC(CC)c1ccc(OC)c(CCC(=O)O)c1. The number of hydrogen-bond acceptors (Lipinski definition) is 2. The van der Waals surface area contributed by atoms with E-state index in [1.165, 1.54) is 5.56 Å². The van der Waals surface area contributed by atoms with Crippen molar-refractivity contribution in [2.24, 2.45) is 0 Å². The molecular formula is C15H22O3. The molecule has 0 aliphatic heterocycles. The number of aliphatic carboxylic acids is 1. The van der Waals surface area contributed by atoms with Gasteiger partial charge in [-0.15, -0.1) is 0 Å². The summed E-state index contributed by atoms with van der Waals surface area (Å²) < 4.78 is 5.29. The number of methoxy groups -OCH3 is 1. The predicted molar refractivity (Wildman–Crippen MR) is 72.3 cm³/mol. The molecular weight excluding hydrogens is 228 g/mol. The van der Waals surface area contributed by atoms with Crippen LogP contribution >= 0.6 is 0 Å². The molecule has 18 heavy (non-hydrogen) atoms. The zero-order valence-electron chi connectivity index (χ0n) is 11.4. The number of benzene rings is 1. The summed E-state index contributed by atoms with van der Waals surface area (Å²) in [6, 6.07) is 6.13. The van der Waals surface area contributed by atoms with Crippen molar-refractivity contribution in [2.45, 2.75) is 45.4 Å². The van der Waals surface area contributed by atoms with Crippen LogP contribution in [0.25, 0.3) is 0 Å². The molecule has 0 aliphatic carbocycles. The minimum Gasteiger partial charge on any atom is -0.496 e. The van der Waals surface area contributed by atoms with Gasteiger partial charge in [-0.3, -0.25) is 4.79 Å². The fourth-order valence-corrected chi connectivity index (χ4v) is 2.25. The summed E-state index contributed by atoms with van der Waals surface area (Å²) in [7, 11) is 1.62. The van der Waals surface area contributed by atoms with Gasteiger partial charge in [-0.2, -0.15) is 0 Å². The molecule has 0 radical (unpaired) electrons. The van der Waals surface area contributed by atoms with Crippen molar-refractivity contribution in [3.05, 3.63) is 29.3 Å². The third-order valence-electron chi connectivity index (χ3n) is 3.37. The fourth-order valence-electron chi connectivity index (χ4n) is 2.25. The highest BCUT2D eigenvalue weighted by molar-refractivity contribution is 5.67. The van der Waals surface area contributed by atoms with Crippen LogP contribution in [0, 0.1) is 0 Å². The van der Waals surface area contributed by atoms with E-state index in [0.29, 0.717) is 12.3 Å². The molecule has 1 aromatic rings. The van der Waals surface area contributed by atoms with Crippen molar-refractivity contribution in [2.75, 3.05) is 7.11 Å². The Morgan fingerprint density at radius 1 is 1.33 bits per heavy atom. The molecule has 1 aromatic carbocycles. The Balaban J connectivity index is 2.96. The Bertz CT molecular complexity index is 395. The summed E-state index contributed by atoms with van der Waals surface area (Å²) in [5.41, 5.74) is 2.27. The van der Waals surface area contributed by atoms with Crippen molar-refractivity contribution in [3.63, 3.8) is 0 Å². The van der Waals surface area contributed by atoms with Crippen LogP contribution in [0.1, 0.15) is 50.2 Å². The van der Waals surface area contributed by atoms with Crippen molar-refractivity contribution < 1.29 is 14.6 Å². The third-order valence-corrected chi connectivity index (χ3v) is 3.37. The van der Waals surface area contributed by atoms with Crippen LogP contribution in [-0.2, 0) is 11.2 Å². The molecule has 1 N–H and O–H groups in total. The number of hydrogen-bond donors (Lipinski definition) is 1. The largest absolute Gasteiger partial charge is 0.496 e. The summed E-state index contributed by atoms with van der Waals surface area (Å²) in [6.07, 6.45) is 2.86. The molecule has 0 saturated carbocycles. The molecule has 0 spiro atoms. The van der Waals surface area contributed by atoms with E-state index in [1.807, 2.05) is 6.07 Å². The summed E-state index contributed by atoms with van der Waals surface area (Å²) in [5.74, 6) is 0.551. The summed E-state index contributed by atoms with van der Waals surface area (Å²) in [4.78, 5) is 10.7. The van der Waals surface area contributed by atoms with Crippen molar-refractivity contribution in [1.29, 1.82) is 0 Å². The quantitative estimate of drug-likeness (QED) is 0.804. The molecule has 100 valence electrons. The van der Waals surface area contributed by atoms with Gasteiger partial charge in [0.15, 0.2) is 0 Å². The maximum atomic E-state index is 10.7. The summed E-state index contributed by atoms with van der Waals surface area (Å²) >= 11 is 0. The predicted octanol–water partition coefficient (Wildman–Crippen LogP) is 3.62. The minimum absolute atomic E-state index is 0.142. The van der Waals surface area contributed by atoms with Gasteiger partial charge in [-0.05, 0) is 42.4 Å². The van der Waals surface area contributed by atoms with Crippen molar-refractivity contribution in [3.8, 4) is 5.75 Å². The Kier molecular flexibility index (Phi) is 5.69. The zero-order valence-corrected chi connectivity index (χ0v) is 11.4. The lowest BCUT2D eigenvalue weighted by Crippen LogP contribution is -2.02. The standard InChI is InChI=1S/C15H22O3/c1-4-11(5-2)12-6-8-14(18-3)13(10-12)7-9-15(16)17/h6,8,10-11H,4-5,7,9H2,1-3H3,(H,16,17). The van der Waals surface area contributed by atoms with Gasteiger partial charge in [-0.1, -0.05) is 26.0 Å². The molecule has 0 saturated heterocycles. The molecule has 0 amide bonds. The molecule has 3 nitrogen and oxygen atoms in total. The zero-order chi connectivity index (χ0) is 13.5. The molecule has 3 heteroatoms. The first-order valence-corrected chi connectivity index (χ1v) is 6.50. The van der Waals surface area contributed by atoms with E-state index in [9.17, 15) is 4.79 Å². The Labute approximate surface area is 109 Å². The maximum absolute atomic E-state index is 10.7. The van der Waals surface area contributed by atoms with Gasteiger partial charge in [0.2, 0.25) is 0 Å². The lowest BCUT2D eigenvalue weighted by atomic mass is 9.91. The van der Waals surface area contributed by atoms with Crippen molar-refractivity contribution >= 4 is 5.97 Å². The van der Waals surface area contributed by atoms with Crippen LogP contribution in [0.2, 0.25) is 0 Å². The molecule has 0 aliphatic rings. The number of ether oxygens (including phenoxy) is 1. The Morgan fingerprint density at radius 2 is 2.00 bits per heavy atom. The second-order valence-corrected chi connectivity index (χ2v) is 4.48. The van der Waals surface area contributed by atoms with E-state index >= 15 is 0 Å². The van der Waals surface area contributed by atoms with E-state index in [0.717, 1.165) is 24.2 Å². The van der Waals surface area contributed by atoms with Gasteiger partial charge in [0.1, 0.15) is 5.75 Å². The van der Waals surface area contributed by atoms with Crippen LogP contribution in [0.5, 0.6) is 5.75 Å². The molecule has 0 unspecified atom stereocenters. The van der Waals surface area contributed by atoms with Crippen LogP contribution in [0.15, 0.2) is 18.2 Å². The van der Waals surface area contributed by atoms with Gasteiger partial charge in [0, 0.05) is 6.42 Å². The molecule has 0 bridgehead atoms. The lowest BCUT2D eigenvalue weighted by molar-refractivity contribution is -0.136. The lowest BCUT2D eigenvalue weighted by Gasteiger charge is -2.16. The van der Waals surface area contributed by atoms with Gasteiger partial charge < -0.3 is 9.84 Å². The highest BCUT2D eigenvalue weighted by Crippen LogP contribution is 2.28. The average molecular weight is 250 g/mol. The molecule has 0 fully saturated rings. The van der Waals surface area contributed by atoms with Crippen LogP contribution in [0.4, 0.5) is 0 Å². The first-order valence-electron chi connectivity index (χ1n) is 6.50. The van der Waals surface area contributed by atoms with Crippen LogP contribution in [0.3, 0.4) is 0 Å². The monoisotopic (exact) mass is 250 g/mol. The first kappa shape index (κ1) is 14.6. The maximum Gasteiger partial charge on any atom is 0.303 e. The fraction of sp³-hybridized carbons (Fsp3) is 0.533. The molecule has 0 heterocycles. The first-order chi connectivity index (χ1) is 8.62. The number of carboxylic acid groups (broad SMARTS) is 1. The van der Waals surface area contributed by atoms with Gasteiger partial charge in [-0.25, -0.2) is 0 Å². The number of carbonyl (C=O) groups is 1. The Hall–Kier alpha value is -1.51. The highest BCUT2D eigenvalue weighted by atomic mass is 16.5. The van der Waals surface area contributed by atoms with E-state index in [2.05, 4.69) is 26.0 Å². The van der Waals surface area contributed by atoms with Gasteiger partial charge in [0.25, 0.3) is 0 Å². The van der Waals surface area contributed by atoms with E-state index in [1.54, 1.807) is 7.11 Å².